The van der Waals surface area contributed by atoms with E-state index in [0.717, 1.165) is 31.6 Å². The van der Waals surface area contributed by atoms with Gasteiger partial charge in [-0.15, -0.1) is 0 Å². The molecule has 0 saturated carbocycles. The highest BCUT2D eigenvalue weighted by atomic mass is 16.5. The van der Waals surface area contributed by atoms with Crippen LogP contribution in [0.25, 0.3) is 0 Å². The summed E-state index contributed by atoms with van der Waals surface area (Å²) < 4.78 is 12.5. The number of carbonyl (C=O) groups is 1. The van der Waals surface area contributed by atoms with Crippen LogP contribution in [0.5, 0.6) is 0 Å². The molecule has 3 aromatic rings. The van der Waals surface area contributed by atoms with Crippen LogP contribution in [0.2, 0.25) is 0 Å². The normalized spacial score (nSPS) is 11.0. The van der Waals surface area contributed by atoms with Crippen LogP contribution in [0.15, 0.2) is 72.9 Å². The summed E-state index contributed by atoms with van der Waals surface area (Å²) in [7, 11) is 3.15. The highest BCUT2D eigenvalue weighted by Crippen LogP contribution is 2.17. The van der Waals surface area contributed by atoms with Crippen LogP contribution >= 0.6 is 0 Å². The zero-order valence-electron chi connectivity index (χ0n) is 17.8. The van der Waals surface area contributed by atoms with E-state index in [2.05, 4.69) is 52.1 Å². The van der Waals surface area contributed by atoms with Gasteiger partial charge in [0.1, 0.15) is 0 Å². The van der Waals surface area contributed by atoms with Gasteiger partial charge in [0.05, 0.1) is 12.7 Å². The molecule has 0 atom stereocenters. The Kier molecular flexibility index (Phi) is 8.24. The molecule has 5 nitrogen and oxygen atoms in total. The third-order valence-corrected chi connectivity index (χ3v) is 5.14. The van der Waals surface area contributed by atoms with Crippen molar-refractivity contribution in [2.24, 2.45) is 0 Å². The average Bonchev–Trinajstić information content (AvgIpc) is 3.20. The SMILES string of the molecule is COCCCN(Cc1ccccc1C(=O)OC)Cc1cccn1Cc1ccccc1. The van der Waals surface area contributed by atoms with Crippen molar-refractivity contribution >= 4 is 5.97 Å². The summed E-state index contributed by atoms with van der Waals surface area (Å²) in [5.41, 5.74) is 4.11. The third-order valence-electron chi connectivity index (χ3n) is 5.14. The van der Waals surface area contributed by atoms with E-state index in [1.165, 1.54) is 18.4 Å². The summed E-state index contributed by atoms with van der Waals surface area (Å²) >= 11 is 0. The van der Waals surface area contributed by atoms with Gasteiger partial charge in [0.25, 0.3) is 0 Å². The van der Waals surface area contributed by atoms with E-state index >= 15 is 0 Å². The Bertz CT molecular complexity index is 921. The molecule has 0 spiro atoms. The van der Waals surface area contributed by atoms with Crippen LogP contribution in [0.3, 0.4) is 0 Å². The number of hydrogen-bond acceptors (Lipinski definition) is 4. The van der Waals surface area contributed by atoms with Gasteiger partial charge in [-0.3, -0.25) is 4.90 Å². The van der Waals surface area contributed by atoms with Gasteiger partial charge < -0.3 is 14.0 Å². The molecule has 5 heteroatoms. The topological polar surface area (TPSA) is 43.7 Å². The molecule has 30 heavy (non-hydrogen) atoms. The van der Waals surface area contributed by atoms with E-state index < -0.39 is 0 Å². The minimum atomic E-state index is -0.296. The molecule has 0 fully saturated rings. The quantitative estimate of drug-likeness (QED) is 0.351. The lowest BCUT2D eigenvalue weighted by Gasteiger charge is -2.24. The fourth-order valence-electron chi connectivity index (χ4n) is 3.61. The Hall–Kier alpha value is -2.89. The van der Waals surface area contributed by atoms with Gasteiger partial charge >= 0.3 is 5.97 Å². The maximum atomic E-state index is 12.2. The Morgan fingerprint density at radius 1 is 0.933 bits per heavy atom. The van der Waals surface area contributed by atoms with Gasteiger partial charge in [-0.05, 0) is 35.7 Å². The molecule has 2 aromatic carbocycles. The Labute approximate surface area is 178 Å². The number of hydrogen-bond donors (Lipinski definition) is 0. The lowest BCUT2D eigenvalue weighted by atomic mass is 10.1. The summed E-state index contributed by atoms with van der Waals surface area (Å²) in [6, 6.07) is 22.4. The molecule has 158 valence electrons. The van der Waals surface area contributed by atoms with Gasteiger partial charge in [0, 0.05) is 51.8 Å². The van der Waals surface area contributed by atoms with Crippen LogP contribution in [0.1, 0.15) is 33.6 Å². The number of methoxy groups -OCH3 is 2. The van der Waals surface area contributed by atoms with Crippen molar-refractivity contribution in [2.75, 3.05) is 27.4 Å². The number of nitrogens with zero attached hydrogens (tertiary/aromatic N) is 2. The third kappa shape index (κ3) is 6.05. The van der Waals surface area contributed by atoms with Gasteiger partial charge in [0.2, 0.25) is 0 Å². The smallest absolute Gasteiger partial charge is 0.338 e. The number of rotatable bonds is 11. The summed E-state index contributed by atoms with van der Waals surface area (Å²) in [5, 5.41) is 0. The molecular weight excluding hydrogens is 376 g/mol. The zero-order valence-corrected chi connectivity index (χ0v) is 17.8. The maximum Gasteiger partial charge on any atom is 0.338 e. The summed E-state index contributed by atoms with van der Waals surface area (Å²) in [4.78, 5) is 14.5. The Morgan fingerprint density at radius 3 is 2.47 bits per heavy atom. The summed E-state index contributed by atoms with van der Waals surface area (Å²) in [6.45, 7) is 3.89. The number of benzene rings is 2. The molecule has 0 bridgehead atoms. The fraction of sp³-hybridized carbons (Fsp3) is 0.320. The van der Waals surface area contributed by atoms with Crippen molar-refractivity contribution in [3.63, 3.8) is 0 Å². The van der Waals surface area contributed by atoms with Gasteiger partial charge in [-0.25, -0.2) is 4.79 Å². The highest BCUT2D eigenvalue weighted by Gasteiger charge is 2.16. The van der Waals surface area contributed by atoms with E-state index in [-0.39, 0.29) is 5.97 Å². The van der Waals surface area contributed by atoms with E-state index in [1.54, 1.807) is 7.11 Å². The van der Waals surface area contributed by atoms with Crippen LogP contribution in [0, 0.1) is 0 Å². The minimum Gasteiger partial charge on any atom is -0.465 e. The minimum absolute atomic E-state index is 0.296. The predicted molar refractivity (Wildman–Crippen MR) is 118 cm³/mol. The molecule has 1 aromatic heterocycles. The van der Waals surface area contributed by atoms with Crippen molar-refractivity contribution in [3.05, 3.63) is 95.3 Å². The largest absolute Gasteiger partial charge is 0.465 e. The van der Waals surface area contributed by atoms with E-state index in [4.69, 9.17) is 9.47 Å². The van der Waals surface area contributed by atoms with Crippen LogP contribution in [-0.4, -0.2) is 42.8 Å². The summed E-state index contributed by atoms with van der Waals surface area (Å²) in [6.07, 6.45) is 3.05. The first-order valence-corrected chi connectivity index (χ1v) is 10.3. The number of carbonyl (C=O) groups excluding carboxylic acids is 1. The predicted octanol–water partition coefficient (Wildman–Crippen LogP) is 4.36. The van der Waals surface area contributed by atoms with Crippen molar-refractivity contribution < 1.29 is 14.3 Å². The second-order valence-corrected chi connectivity index (χ2v) is 7.32. The summed E-state index contributed by atoms with van der Waals surface area (Å²) in [5.74, 6) is -0.296. The second kappa shape index (κ2) is 11.3. The molecule has 0 saturated heterocycles. The van der Waals surface area contributed by atoms with E-state index in [1.807, 2.05) is 30.3 Å². The maximum absolute atomic E-state index is 12.2. The number of aromatic nitrogens is 1. The molecular formula is C25H30N2O3. The lowest BCUT2D eigenvalue weighted by Crippen LogP contribution is -2.27. The number of esters is 1. The van der Waals surface area contributed by atoms with E-state index in [0.29, 0.717) is 18.7 Å². The monoisotopic (exact) mass is 406 g/mol. The molecule has 0 radical (unpaired) electrons. The first-order chi connectivity index (χ1) is 14.7. The van der Waals surface area contributed by atoms with Crippen molar-refractivity contribution in [1.29, 1.82) is 0 Å². The second-order valence-electron chi connectivity index (χ2n) is 7.32. The van der Waals surface area contributed by atoms with E-state index in [9.17, 15) is 4.79 Å². The standard InChI is InChI=1S/C25H30N2O3/c1-29-17-9-15-26(19-22-12-6-7-14-24(22)25(28)30-2)20-23-13-8-16-27(23)18-21-10-4-3-5-11-21/h3-8,10-14,16H,9,15,17-20H2,1-2H3. The first-order valence-electron chi connectivity index (χ1n) is 10.3. The van der Waals surface area contributed by atoms with Gasteiger partial charge in [0.15, 0.2) is 0 Å². The van der Waals surface area contributed by atoms with Crippen LogP contribution in [-0.2, 0) is 29.1 Å². The van der Waals surface area contributed by atoms with Gasteiger partial charge in [-0.1, -0.05) is 48.5 Å². The number of ether oxygens (including phenoxy) is 2. The molecule has 3 rings (SSSR count). The molecule has 0 aliphatic carbocycles. The molecule has 0 aliphatic heterocycles. The molecule has 0 aliphatic rings. The fourth-order valence-corrected chi connectivity index (χ4v) is 3.61. The van der Waals surface area contributed by atoms with Crippen molar-refractivity contribution in [3.8, 4) is 0 Å². The lowest BCUT2D eigenvalue weighted by molar-refractivity contribution is 0.0598. The van der Waals surface area contributed by atoms with Crippen molar-refractivity contribution in [1.82, 2.24) is 9.47 Å². The van der Waals surface area contributed by atoms with Crippen molar-refractivity contribution in [2.45, 2.75) is 26.1 Å². The Balaban J connectivity index is 1.77. The average molecular weight is 407 g/mol. The Morgan fingerprint density at radius 2 is 1.70 bits per heavy atom. The molecule has 0 amide bonds. The van der Waals surface area contributed by atoms with Crippen LogP contribution in [0.4, 0.5) is 0 Å². The molecule has 0 unspecified atom stereocenters. The zero-order chi connectivity index (χ0) is 21.2. The van der Waals surface area contributed by atoms with Crippen LogP contribution < -0.4 is 0 Å². The molecule has 1 heterocycles. The molecule has 0 N–H and O–H groups in total. The highest BCUT2D eigenvalue weighted by molar-refractivity contribution is 5.90. The first kappa shape index (κ1) is 21.8. The van der Waals surface area contributed by atoms with Gasteiger partial charge in [-0.2, -0.15) is 0 Å².